The Hall–Kier alpha value is -2.54. The lowest BCUT2D eigenvalue weighted by atomic mass is 10.1. The minimum absolute atomic E-state index is 0.165. The maximum absolute atomic E-state index is 12.0. The first-order valence-electron chi connectivity index (χ1n) is 8.80. The highest BCUT2D eigenvalue weighted by Crippen LogP contribution is 2.19. The maximum Gasteiger partial charge on any atom is 0.315 e. The van der Waals surface area contributed by atoms with Crippen molar-refractivity contribution in [1.82, 2.24) is 16.0 Å². The average molecular weight is 434 g/mol. The largest absolute Gasteiger partial charge is 0.494 e. The highest BCUT2D eigenvalue weighted by atomic mass is 79.9. The summed E-state index contributed by atoms with van der Waals surface area (Å²) in [6, 6.07) is 14.3. The van der Waals surface area contributed by atoms with E-state index >= 15 is 0 Å². The van der Waals surface area contributed by atoms with Crippen LogP contribution in [0.3, 0.4) is 0 Å². The van der Waals surface area contributed by atoms with E-state index in [9.17, 15) is 9.59 Å². The Bertz CT molecular complexity index is 783. The monoisotopic (exact) mass is 433 g/mol. The lowest BCUT2D eigenvalue weighted by Crippen LogP contribution is -2.41. The van der Waals surface area contributed by atoms with Gasteiger partial charge in [-0.05, 0) is 49.7 Å². The second-order valence-electron chi connectivity index (χ2n) is 5.89. The van der Waals surface area contributed by atoms with Crippen LogP contribution < -0.4 is 20.7 Å². The van der Waals surface area contributed by atoms with Crippen molar-refractivity contribution in [1.29, 1.82) is 0 Å². The molecule has 1 unspecified atom stereocenters. The van der Waals surface area contributed by atoms with Crippen LogP contribution >= 0.6 is 15.9 Å². The third kappa shape index (κ3) is 6.94. The predicted molar refractivity (Wildman–Crippen MR) is 109 cm³/mol. The van der Waals surface area contributed by atoms with E-state index in [1.807, 2.05) is 44.2 Å². The van der Waals surface area contributed by atoms with Gasteiger partial charge in [0, 0.05) is 23.1 Å². The molecule has 7 heteroatoms. The molecule has 0 aliphatic rings. The molecule has 27 heavy (non-hydrogen) atoms. The number of carbonyl (C=O) groups is 2. The molecule has 0 aliphatic carbocycles. The van der Waals surface area contributed by atoms with Crippen molar-refractivity contribution in [2.75, 3.05) is 19.7 Å². The van der Waals surface area contributed by atoms with Crippen LogP contribution in [0.25, 0.3) is 0 Å². The van der Waals surface area contributed by atoms with Gasteiger partial charge in [0.15, 0.2) is 0 Å². The van der Waals surface area contributed by atoms with Gasteiger partial charge >= 0.3 is 6.03 Å². The van der Waals surface area contributed by atoms with Crippen LogP contribution in [0.15, 0.2) is 53.0 Å². The number of urea groups is 1. The molecule has 0 spiro atoms. The molecule has 144 valence electrons. The van der Waals surface area contributed by atoms with E-state index in [0.29, 0.717) is 25.3 Å². The standard InChI is InChI=1S/C20H24BrN3O3/c1-3-27-18-9-5-6-15(13-18)14(2)24-20(26)23-11-10-22-19(25)16-7-4-8-17(21)12-16/h4-9,12-14H,3,10-11H2,1-2H3,(H,22,25)(H2,23,24,26). The van der Waals surface area contributed by atoms with Crippen molar-refractivity contribution >= 4 is 27.9 Å². The minimum atomic E-state index is -0.291. The fourth-order valence-electron chi connectivity index (χ4n) is 2.46. The molecule has 2 rings (SSSR count). The van der Waals surface area contributed by atoms with E-state index in [4.69, 9.17) is 4.74 Å². The zero-order chi connectivity index (χ0) is 19.6. The molecule has 2 aromatic carbocycles. The molecular weight excluding hydrogens is 410 g/mol. The zero-order valence-electron chi connectivity index (χ0n) is 15.4. The molecule has 0 bridgehead atoms. The molecule has 0 saturated carbocycles. The first-order chi connectivity index (χ1) is 13.0. The quantitative estimate of drug-likeness (QED) is 0.555. The van der Waals surface area contributed by atoms with Crippen molar-refractivity contribution in [2.24, 2.45) is 0 Å². The fraction of sp³-hybridized carbons (Fsp3) is 0.300. The number of ether oxygens (including phenoxy) is 1. The number of rotatable bonds is 8. The van der Waals surface area contributed by atoms with Crippen molar-refractivity contribution < 1.29 is 14.3 Å². The smallest absolute Gasteiger partial charge is 0.315 e. The van der Waals surface area contributed by atoms with E-state index in [2.05, 4.69) is 31.9 Å². The van der Waals surface area contributed by atoms with Crippen LogP contribution in [-0.4, -0.2) is 31.6 Å². The Morgan fingerprint density at radius 1 is 1.07 bits per heavy atom. The second kappa shape index (κ2) is 10.6. The number of hydrogen-bond donors (Lipinski definition) is 3. The predicted octanol–water partition coefficient (Wildman–Crippen LogP) is 3.64. The summed E-state index contributed by atoms with van der Waals surface area (Å²) in [5, 5.41) is 8.37. The van der Waals surface area contributed by atoms with Crippen LogP contribution in [0.4, 0.5) is 4.79 Å². The minimum Gasteiger partial charge on any atom is -0.494 e. The molecule has 0 aliphatic heterocycles. The number of nitrogens with one attached hydrogen (secondary N) is 3. The highest BCUT2D eigenvalue weighted by molar-refractivity contribution is 9.10. The van der Waals surface area contributed by atoms with Gasteiger partial charge in [0.25, 0.3) is 5.91 Å². The van der Waals surface area contributed by atoms with Crippen molar-refractivity contribution in [3.05, 3.63) is 64.1 Å². The third-order valence-electron chi connectivity index (χ3n) is 3.80. The summed E-state index contributed by atoms with van der Waals surface area (Å²) >= 11 is 3.33. The third-order valence-corrected chi connectivity index (χ3v) is 4.29. The van der Waals surface area contributed by atoms with E-state index in [1.54, 1.807) is 18.2 Å². The lowest BCUT2D eigenvalue weighted by Gasteiger charge is -2.16. The first kappa shape index (κ1) is 20.8. The Morgan fingerprint density at radius 3 is 2.56 bits per heavy atom. The number of carbonyl (C=O) groups excluding carboxylic acids is 2. The van der Waals surface area contributed by atoms with Crippen LogP contribution in [0.5, 0.6) is 5.75 Å². The van der Waals surface area contributed by atoms with Crippen molar-refractivity contribution in [2.45, 2.75) is 19.9 Å². The lowest BCUT2D eigenvalue weighted by molar-refractivity contribution is 0.0953. The van der Waals surface area contributed by atoms with Gasteiger partial charge in [-0.1, -0.05) is 34.1 Å². The molecule has 1 atom stereocenters. The summed E-state index contributed by atoms with van der Waals surface area (Å²) in [7, 11) is 0. The fourth-order valence-corrected chi connectivity index (χ4v) is 2.85. The Balaban J connectivity index is 1.72. The second-order valence-corrected chi connectivity index (χ2v) is 6.81. The summed E-state index contributed by atoms with van der Waals surface area (Å²) < 4.78 is 6.32. The van der Waals surface area contributed by atoms with Gasteiger partial charge in [-0.3, -0.25) is 4.79 Å². The van der Waals surface area contributed by atoms with Gasteiger partial charge in [-0.25, -0.2) is 4.79 Å². The Morgan fingerprint density at radius 2 is 1.81 bits per heavy atom. The van der Waals surface area contributed by atoms with E-state index < -0.39 is 0 Å². The number of hydrogen-bond acceptors (Lipinski definition) is 3. The van der Waals surface area contributed by atoms with Crippen LogP contribution in [0.1, 0.15) is 35.8 Å². The summed E-state index contributed by atoms with van der Waals surface area (Å²) in [5.41, 5.74) is 1.52. The normalized spacial score (nSPS) is 11.4. The first-order valence-corrected chi connectivity index (χ1v) is 9.59. The van der Waals surface area contributed by atoms with Gasteiger partial charge in [-0.15, -0.1) is 0 Å². The highest BCUT2D eigenvalue weighted by Gasteiger charge is 2.10. The van der Waals surface area contributed by atoms with Gasteiger partial charge in [0.05, 0.1) is 12.6 Å². The van der Waals surface area contributed by atoms with Crippen LogP contribution in [0.2, 0.25) is 0 Å². The Labute approximate surface area is 167 Å². The van der Waals surface area contributed by atoms with Gasteiger partial charge < -0.3 is 20.7 Å². The summed E-state index contributed by atoms with van der Waals surface area (Å²) in [6.07, 6.45) is 0. The van der Waals surface area contributed by atoms with Crippen LogP contribution in [0, 0.1) is 0 Å². The Kier molecular flexibility index (Phi) is 8.13. The van der Waals surface area contributed by atoms with Gasteiger partial charge in [-0.2, -0.15) is 0 Å². The molecule has 0 heterocycles. The van der Waals surface area contributed by atoms with Gasteiger partial charge in [0.1, 0.15) is 5.75 Å². The van der Waals surface area contributed by atoms with E-state index in [1.165, 1.54) is 0 Å². The molecule has 0 aromatic heterocycles. The van der Waals surface area contributed by atoms with Gasteiger partial charge in [0.2, 0.25) is 0 Å². The zero-order valence-corrected chi connectivity index (χ0v) is 17.0. The molecule has 3 N–H and O–H groups in total. The van der Waals surface area contributed by atoms with Crippen molar-refractivity contribution in [3.63, 3.8) is 0 Å². The summed E-state index contributed by atoms with van der Waals surface area (Å²) in [4.78, 5) is 24.0. The topological polar surface area (TPSA) is 79.5 Å². The number of benzene rings is 2. The molecule has 6 nitrogen and oxygen atoms in total. The van der Waals surface area contributed by atoms with Crippen molar-refractivity contribution in [3.8, 4) is 5.75 Å². The molecule has 0 fully saturated rings. The summed E-state index contributed by atoms with van der Waals surface area (Å²) in [5.74, 6) is 0.596. The van der Waals surface area contributed by atoms with E-state index in [-0.39, 0.29) is 18.0 Å². The molecular formula is C20H24BrN3O3. The molecule has 0 radical (unpaired) electrons. The molecule has 0 saturated heterocycles. The molecule has 2 aromatic rings. The number of amides is 3. The SMILES string of the molecule is CCOc1cccc(C(C)NC(=O)NCCNC(=O)c2cccc(Br)c2)c1. The molecule has 3 amide bonds. The van der Waals surface area contributed by atoms with E-state index in [0.717, 1.165) is 15.8 Å². The average Bonchev–Trinajstić information content (AvgIpc) is 2.65. The summed E-state index contributed by atoms with van der Waals surface area (Å²) in [6.45, 7) is 5.10. The number of halogens is 1. The maximum atomic E-state index is 12.0. The van der Waals surface area contributed by atoms with Crippen LogP contribution in [-0.2, 0) is 0 Å².